The maximum atomic E-state index is 14.0. The molecule has 4 aromatic carbocycles. The van der Waals surface area contributed by atoms with Crippen LogP contribution in [0.15, 0.2) is 114 Å². The van der Waals surface area contributed by atoms with Gasteiger partial charge in [-0.15, -0.1) is 0 Å². The highest BCUT2D eigenvalue weighted by atomic mass is 32.2. The van der Waals surface area contributed by atoms with Gasteiger partial charge in [-0.3, -0.25) is 0 Å². The van der Waals surface area contributed by atoms with Crippen LogP contribution in [0.2, 0.25) is 0 Å². The van der Waals surface area contributed by atoms with E-state index < -0.39 is 16.1 Å². The zero-order valence-corrected chi connectivity index (χ0v) is 20.3. The van der Waals surface area contributed by atoms with E-state index in [1.807, 2.05) is 104 Å². The summed E-state index contributed by atoms with van der Waals surface area (Å²) in [5.74, 6) is 0. The molecule has 1 heterocycles. The zero-order chi connectivity index (χ0) is 24.4. The molecule has 0 bridgehead atoms. The van der Waals surface area contributed by atoms with E-state index in [0.29, 0.717) is 24.1 Å². The lowest BCUT2D eigenvalue weighted by Crippen LogP contribution is -2.16. The lowest BCUT2D eigenvalue weighted by Gasteiger charge is -2.16. The molecule has 0 aliphatic carbocycles. The maximum absolute atomic E-state index is 14.0. The Bertz CT molecular complexity index is 1560. The summed E-state index contributed by atoms with van der Waals surface area (Å²) < 4.78 is 29.6. The number of aromatic nitrogens is 1. The Balaban J connectivity index is 1.72. The molecular weight excluding hydrogens is 454 g/mol. The Morgan fingerprint density at radius 2 is 1.37 bits per heavy atom. The molecule has 0 aliphatic rings. The van der Waals surface area contributed by atoms with Crippen LogP contribution in [0.5, 0.6) is 0 Å². The molecule has 0 aliphatic heterocycles. The van der Waals surface area contributed by atoms with Gasteiger partial charge in [0, 0.05) is 16.6 Å². The number of aliphatic hydroxyl groups excluding tert-OH is 1. The molecule has 5 heteroatoms. The fraction of sp³-hybridized carbons (Fsp3) is 0.133. The summed E-state index contributed by atoms with van der Waals surface area (Å²) in [6.07, 6.45) is 0.0808. The monoisotopic (exact) mass is 481 g/mol. The van der Waals surface area contributed by atoms with Crippen LogP contribution in [-0.2, 0) is 16.4 Å². The van der Waals surface area contributed by atoms with Gasteiger partial charge < -0.3 is 5.11 Å². The minimum atomic E-state index is -3.88. The minimum absolute atomic E-state index is 0.244. The highest BCUT2D eigenvalue weighted by molar-refractivity contribution is 7.90. The van der Waals surface area contributed by atoms with Crippen molar-refractivity contribution in [1.82, 2.24) is 3.97 Å². The second-order valence-corrected chi connectivity index (χ2v) is 10.5. The lowest BCUT2D eigenvalue weighted by molar-refractivity contribution is 0.167. The van der Waals surface area contributed by atoms with E-state index in [9.17, 15) is 13.5 Å². The Hall–Kier alpha value is -3.67. The van der Waals surface area contributed by atoms with Crippen LogP contribution >= 0.6 is 0 Å². The van der Waals surface area contributed by atoms with Crippen LogP contribution in [0.4, 0.5) is 0 Å². The van der Waals surface area contributed by atoms with Crippen molar-refractivity contribution in [2.45, 2.75) is 30.8 Å². The number of hydrogen-bond acceptors (Lipinski definition) is 3. The Morgan fingerprint density at radius 3 is 2.06 bits per heavy atom. The number of para-hydroxylation sites is 1. The second kappa shape index (κ2) is 9.53. The molecule has 176 valence electrons. The third-order valence-electron chi connectivity index (χ3n) is 6.39. The van der Waals surface area contributed by atoms with Crippen LogP contribution in [0, 0.1) is 6.92 Å². The van der Waals surface area contributed by atoms with Crippen molar-refractivity contribution in [2.75, 3.05) is 0 Å². The summed E-state index contributed by atoms with van der Waals surface area (Å²) >= 11 is 0. The largest absolute Gasteiger partial charge is 0.388 e. The molecule has 1 atom stereocenters. The van der Waals surface area contributed by atoms with Crippen molar-refractivity contribution < 1.29 is 13.5 Å². The molecule has 0 saturated heterocycles. The summed E-state index contributed by atoms with van der Waals surface area (Å²) in [4.78, 5) is 0.244. The van der Waals surface area contributed by atoms with Crippen molar-refractivity contribution in [3.05, 3.63) is 126 Å². The molecule has 1 aromatic heterocycles. The first-order valence-corrected chi connectivity index (χ1v) is 13.1. The summed E-state index contributed by atoms with van der Waals surface area (Å²) in [5, 5.41) is 11.8. The normalized spacial score (nSPS) is 12.6. The summed E-state index contributed by atoms with van der Waals surface area (Å²) in [6.45, 7) is 1.94. The molecule has 4 nitrogen and oxygen atoms in total. The quantitative estimate of drug-likeness (QED) is 0.288. The molecule has 35 heavy (non-hydrogen) atoms. The van der Waals surface area contributed by atoms with Crippen LogP contribution < -0.4 is 0 Å². The van der Waals surface area contributed by atoms with E-state index in [2.05, 4.69) is 0 Å². The van der Waals surface area contributed by atoms with Gasteiger partial charge in [0.05, 0.1) is 16.5 Å². The van der Waals surface area contributed by atoms with Gasteiger partial charge in [0.15, 0.2) is 0 Å². The minimum Gasteiger partial charge on any atom is -0.388 e. The van der Waals surface area contributed by atoms with Gasteiger partial charge in [0.2, 0.25) is 0 Å². The summed E-state index contributed by atoms with van der Waals surface area (Å²) in [6, 6.07) is 33.9. The van der Waals surface area contributed by atoms with Crippen molar-refractivity contribution in [2.24, 2.45) is 0 Å². The molecule has 5 aromatic rings. The number of fused-ring (bicyclic) bond motifs is 1. The molecule has 1 unspecified atom stereocenters. The Morgan fingerprint density at radius 1 is 0.771 bits per heavy atom. The fourth-order valence-corrected chi connectivity index (χ4v) is 6.21. The Kier molecular flexibility index (Phi) is 6.29. The molecule has 0 radical (unpaired) electrons. The van der Waals surface area contributed by atoms with Crippen molar-refractivity contribution in [3.63, 3.8) is 0 Å². The van der Waals surface area contributed by atoms with E-state index in [0.717, 1.165) is 27.6 Å². The maximum Gasteiger partial charge on any atom is 0.268 e. The van der Waals surface area contributed by atoms with Gasteiger partial charge in [0.25, 0.3) is 10.0 Å². The van der Waals surface area contributed by atoms with Gasteiger partial charge >= 0.3 is 0 Å². The third-order valence-corrected chi connectivity index (χ3v) is 8.15. The third kappa shape index (κ3) is 4.41. The Labute approximate surface area is 206 Å². The first-order chi connectivity index (χ1) is 17.0. The standard InChI is InChI=1S/C30H27NO3S/c1-22-16-18-25(19-17-22)35(33,34)31-27-15-9-8-14-26(27)30(24-12-6-3-7-13-24)28(31)20-21-29(32)23-10-4-2-5-11-23/h2-19,29,32H,20-21H2,1H3. The van der Waals surface area contributed by atoms with Crippen LogP contribution in [0.1, 0.15) is 29.3 Å². The van der Waals surface area contributed by atoms with E-state index in [1.165, 1.54) is 3.97 Å². The molecule has 1 N–H and O–H groups in total. The SMILES string of the molecule is Cc1ccc(S(=O)(=O)n2c(CCC(O)c3ccccc3)c(-c3ccccc3)c3ccccc32)cc1. The molecule has 0 saturated carbocycles. The first-order valence-electron chi connectivity index (χ1n) is 11.7. The number of rotatable bonds is 7. The number of aryl methyl sites for hydroxylation is 1. The van der Waals surface area contributed by atoms with Gasteiger partial charge in [-0.1, -0.05) is 96.6 Å². The number of hydrogen-bond donors (Lipinski definition) is 1. The van der Waals surface area contributed by atoms with E-state index in [1.54, 1.807) is 12.1 Å². The number of aliphatic hydroxyl groups is 1. The predicted octanol–water partition coefficient (Wildman–Crippen LogP) is 6.52. The molecule has 0 amide bonds. The predicted molar refractivity (Wildman–Crippen MR) is 141 cm³/mol. The van der Waals surface area contributed by atoms with Crippen LogP contribution in [0.25, 0.3) is 22.0 Å². The highest BCUT2D eigenvalue weighted by Crippen LogP contribution is 2.38. The van der Waals surface area contributed by atoms with Crippen molar-refractivity contribution >= 4 is 20.9 Å². The smallest absolute Gasteiger partial charge is 0.268 e. The van der Waals surface area contributed by atoms with Gasteiger partial charge in [-0.25, -0.2) is 12.4 Å². The van der Waals surface area contributed by atoms with Crippen LogP contribution in [-0.4, -0.2) is 17.5 Å². The molecule has 0 spiro atoms. The van der Waals surface area contributed by atoms with Crippen molar-refractivity contribution in [1.29, 1.82) is 0 Å². The number of nitrogens with zero attached hydrogens (tertiary/aromatic N) is 1. The zero-order valence-electron chi connectivity index (χ0n) is 19.5. The van der Waals surface area contributed by atoms with Gasteiger partial charge in [-0.05, 0) is 49.1 Å². The van der Waals surface area contributed by atoms with Crippen molar-refractivity contribution in [3.8, 4) is 11.1 Å². The fourth-order valence-electron chi connectivity index (χ4n) is 4.62. The lowest BCUT2D eigenvalue weighted by atomic mass is 9.98. The molecule has 5 rings (SSSR count). The number of benzene rings is 4. The van der Waals surface area contributed by atoms with E-state index in [-0.39, 0.29) is 4.90 Å². The molecular formula is C30H27NO3S. The molecule has 0 fully saturated rings. The second-order valence-electron chi connectivity index (χ2n) is 8.75. The highest BCUT2D eigenvalue weighted by Gasteiger charge is 2.27. The topological polar surface area (TPSA) is 59.3 Å². The summed E-state index contributed by atoms with van der Waals surface area (Å²) in [5.41, 5.74) is 4.96. The first kappa shape index (κ1) is 23.1. The van der Waals surface area contributed by atoms with Gasteiger partial charge in [-0.2, -0.15) is 0 Å². The van der Waals surface area contributed by atoms with E-state index in [4.69, 9.17) is 0 Å². The van der Waals surface area contributed by atoms with Crippen LogP contribution in [0.3, 0.4) is 0 Å². The average molecular weight is 482 g/mol. The summed E-state index contributed by atoms with van der Waals surface area (Å²) in [7, 11) is -3.88. The van der Waals surface area contributed by atoms with E-state index >= 15 is 0 Å². The average Bonchev–Trinajstić information content (AvgIpc) is 3.23. The van der Waals surface area contributed by atoms with Gasteiger partial charge in [0.1, 0.15) is 0 Å².